The summed E-state index contributed by atoms with van der Waals surface area (Å²) in [6, 6.07) is 16.8. The fraction of sp³-hybridized carbons (Fsp3) is 0.381. The van der Waals surface area contributed by atoms with Crippen molar-refractivity contribution in [3.63, 3.8) is 0 Å². The molecule has 2 heteroatoms. The van der Waals surface area contributed by atoms with E-state index in [1.807, 2.05) is 12.1 Å². The van der Waals surface area contributed by atoms with Gasteiger partial charge in [0, 0.05) is 5.56 Å². The molecule has 1 aliphatic carbocycles. The predicted molar refractivity (Wildman–Crippen MR) is 92.9 cm³/mol. The van der Waals surface area contributed by atoms with Crippen molar-refractivity contribution in [1.29, 1.82) is 0 Å². The highest BCUT2D eigenvalue weighted by Gasteiger charge is 2.51. The SMILES string of the molecule is Cc1cccc(C2(C3CCNCC3)Cc3ccccc3C2=O)c1. The molecule has 4 rings (SSSR count). The molecule has 1 heterocycles. The minimum Gasteiger partial charge on any atom is -0.317 e. The maximum absolute atomic E-state index is 13.5. The van der Waals surface area contributed by atoms with Gasteiger partial charge in [-0.15, -0.1) is 0 Å². The zero-order valence-corrected chi connectivity index (χ0v) is 13.6. The van der Waals surface area contributed by atoms with E-state index in [9.17, 15) is 4.79 Å². The molecule has 1 N–H and O–H groups in total. The van der Waals surface area contributed by atoms with Crippen molar-refractivity contribution in [2.45, 2.75) is 31.6 Å². The van der Waals surface area contributed by atoms with E-state index < -0.39 is 0 Å². The molecule has 23 heavy (non-hydrogen) atoms. The molecule has 2 aliphatic rings. The number of hydrogen-bond donors (Lipinski definition) is 1. The van der Waals surface area contributed by atoms with Gasteiger partial charge in [-0.05, 0) is 56.3 Å². The fourth-order valence-corrected chi connectivity index (χ4v) is 4.55. The van der Waals surface area contributed by atoms with Gasteiger partial charge in [-0.1, -0.05) is 54.1 Å². The molecule has 0 amide bonds. The lowest BCUT2D eigenvalue weighted by Gasteiger charge is -2.39. The highest BCUT2D eigenvalue weighted by molar-refractivity contribution is 6.08. The van der Waals surface area contributed by atoms with Crippen molar-refractivity contribution < 1.29 is 4.79 Å². The van der Waals surface area contributed by atoms with E-state index in [1.54, 1.807) is 0 Å². The number of nitrogens with one attached hydrogen (secondary N) is 1. The summed E-state index contributed by atoms with van der Waals surface area (Å²) in [5, 5.41) is 3.44. The van der Waals surface area contributed by atoms with E-state index in [0.29, 0.717) is 11.7 Å². The van der Waals surface area contributed by atoms with Crippen LogP contribution in [0.5, 0.6) is 0 Å². The van der Waals surface area contributed by atoms with Crippen LogP contribution in [0, 0.1) is 12.8 Å². The second-order valence-electron chi connectivity index (χ2n) is 7.03. The number of piperidine rings is 1. The van der Waals surface area contributed by atoms with E-state index in [2.05, 4.69) is 48.6 Å². The van der Waals surface area contributed by atoms with Crippen molar-refractivity contribution in [2.24, 2.45) is 5.92 Å². The predicted octanol–water partition coefficient (Wildman–Crippen LogP) is 3.67. The number of Topliss-reactive ketones (excluding diaryl/α,β-unsaturated/α-hetero) is 1. The maximum atomic E-state index is 13.5. The van der Waals surface area contributed by atoms with Crippen LogP contribution in [0.4, 0.5) is 0 Å². The molecule has 1 aliphatic heterocycles. The lowest BCUT2D eigenvalue weighted by Crippen LogP contribution is -2.46. The Bertz CT molecular complexity index is 745. The zero-order valence-electron chi connectivity index (χ0n) is 13.6. The van der Waals surface area contributed by atoms with Gasteiger partial charge in [0.1, 0.15) is 0 Å². The van der Waals surface area contributed by atoms with Crippen LogP contribution in [0.1, 0.15) is 39.9 Å². The quantitative estimate of drug-likeness (QED) is 0.917. The van der Waals surface area contributed by atoms with Gasteiger partial charge in [0.25, 0.3) is 0 Å². The molecular formula is C21H23NO. The minimum atomic E-state index is -0.363. The first-order valence-electron chi connectivity index (χ1n) is 8.62. The Kier molecular flexibility index (Phi) is 3.57. The van der Waals surface area contributed by atoms with Crippen LogP contribution in [0.15, 0.2) is 48.5 Å². The maximum Gasteiger partial charge on any atom is 0.174 e. The van der Waals surface area contributed by atoms with Gasteiger partial charge >= 0.3 is 0 Å². The van der Waals surface area contributed by atoms with E-state index in [1.165, 1.54) is 16.7 Å². The van der Waals surface area contributed by atoms with Crippen LogP contribution in [-0.2, 0) is 11.8 Å². The summed E-state index contributed by atoms with van der Waals surface area (Å²) >= 11 is 0. The van der Waals surface area contributed by atoms with Gasteiger partial charge in [0.15, 0.2) is 5.78 Å². The van der Waals surface area contributed by atoms with E-state index in [4.69, 9.17) is 0 Å². The van der Waals surface area contributed by atoms with Crippen molar-refractivity contribution in [1.82, 2.24) is 5.32 Å². The number of carbonyl (C=O) groups excluding carboxylic acids is 1. The van der Waals surface area contributed by atoms with Crippen LogP contribution in [0.25, 0.3) is 0 Å². The Morgan fingerprint density at radius 1 is 1.04 bits per heavy atom. The Morgan fingerprint density at radius 3 is 2.57 bits per heavy atom. The number of benzene rings is 2. The Labute approximate surface area is 137 Å². The molecule has 2 nitrogen and oxygen atoms in total. The monoisotopic (exact) mass is 305 g/mol. The smallest absolute Gasteiger partial charge is 0.174 e. The lowest BCUT2D eigenvalue weighted by molar-refractivity contribution is 0.0811. The van der Waals surface area contributed by atoms with Crippen LogP contribution in [-0.4, -0.2) is 18.9 Å². The molecule has 2 aromatic carbocycles. The van der Waals surface area contributed by atoms with E-state index in [-0.39, 0.29) is 5.41 Å². The topological polar surface area (TPSA) is 29.1 Å². The number of aryl methyl sites for hydroxylation is 1. The van der Waals surface area contributed by atoms with Crippen LogP contribution in [0.3, 0.4) is 0 Å². The van der Waals surface area contributed by atoms with Crippen molar-refractivity contribution in [3.8, 4) is 0 Å². The standard InChI is InChI=1S/C21H23NO/c1-15-5-4-7-18(13-15)21(17-9-11-22-12-10-17)14-16-6-2-3-8-19(16)20(21)23/h2-8,13,17,22H,9-12,14H2,1H3. The third-order valence-corrected chi connectivity index (χ3v) is 5.71. The molecule has 0 saturated carbocycles. The van der Waals surface area contributed by atoms with Crippen molar-refractivity contribution in [3.05, 3.63) is 70.8 Å². The third kappa shape index (κ3) is 2.24. The molecular weight excluding hydrogens is 282 g/mol. The molecule has 0 aromatic heterocycles. The lowest BCUT2D eigenvalue weighted by atomic mass is 9.64. The van der Waals surface area contributed by atoms with Gasteiger partial charge in [-0.2, -0.15) is 0 Å². The summed E-state index contributed by atoms with van der Waals surface area (Å²) < 4.78 is 0. The first-order chi connectivity index (χ1) is 11.2. The minimum absolute atomic E-state index is 0.339. The van der Waals surface area contributed by atoms with Gasteiger partial charge in [0.05, 0.1) is 5.41 Å². The number of fused-ring (bicyclic) bond motifs is 1. The van der Waals surface area contributed by atoms with E-state index >= 15 is 0 Å². The third-order valence-electron chi connectivity index (χ3n) is 5.71. The van der Waals surface area contributed by atoms with Crippen LogP contribution < -0.4 is 5.32 Å². The first-order valence-corrected chi connectivity index (χ1v) is 8.62. The average Bonchev–Trinajstić information content (AvgIpc) is 2.90. The Hall–Kier alpha value is -1.93. The number of hydrogen-bond acceptors (Lipinski definition) is 2. The van der Waals surface area contributed by atoms with E-state index in [0.717, 1.165) is 37.9 Å². The molecule has 0 bridgehead atoms. The molecule has 2 aromatic rings. The molecule has 118 valence electrons. The molecule has 0 spiro atoms. The largest absolute Gasteiger partial charge is 0.317 e. The van der Waals surface area contributed by atoms with Gasteiger partial charge in [-0.25, -0.2) is 0 Å². The summed E-state index contributed by atoms with van der Waals surface area (Å²) in [5.74, 6) is 0.760. The summed E-state index contributed by atoms with van der Waals surface area (Å²) in [7, 11) is 0. The summed E-state index contributed by atoms with van der Waals surface area (Å²) in [6.07, 6.45) is 3.01. The normalized spacial score (nSPS) is 24.7. The van der Waals surface area contributed by atoms with Crippen LogP contribution >= 0.6 is 0 Å². The molecule has 1 atom stereocenters. The summed E-state index contributed by atoms with van der Waals surface area (Å²) in [5.41, 5.74) is 4.24. The molecule has 1 saturated heterocycles. The number of rotatable bonds is 2. The molecule has 1 unspecified atom stereocenters. The molecule has 0 radical (unpaired) electrons. The van der Waals surface area contributed by atoms with Crippen molar-refractivity contribution >= 4 is 5.78 Å². The Morgan fingerprint density at radius 2 is 1.83 bits per heavy atom. The van der Waals surface area contributed by atoms with Crippen LogP contribution in [0.2, 0.25) is 0 Å². The fourth-order valence-electron chi connectivity index (χ4n) is 4.55. The van der Waals surface area contributed by atoms with Gasteiger partial charge in [-0.3, -0.25) is 4.79 Å². The van der Waals surface area contributed by atoms with Crippen molar-refractivity contribution in [2.75, 3.05) is 13.1 Å². The summed E-state index contributed by atoms with van der Waals surface area (Å²) in [6.45, 7) is 4.15. The first kappa shape index (κ1) is 14.6. The molecule has 1 fully saturated rings. The second kappa shape index (κ2) is 5.61. The second-order valence-corrected chi connectivity index (χ2v) is 7.03. The van der Waals surface area contributed by atoms with Gasteiger partial charge in [0.2, 0.25) is 0 Å². The van der Waals surface area contributed by atoms with Gasteiger partial charge < -0.3 is 5.32 Å². The zero-order chi connectivity index (χ0) is 15.9. The highest BCUT2D eigenvalue weighted by Crippen LogP contribution is 2.48. The highest BCUT2D eigenvalue weighted by atomic mass is 16.1. The number of ketones is 1. The average molecular weight is 305 g/mol. The Balaban J connectivity index is 1.88. The summed E-state index contributed by atoms with van der Waals surface area (Å²) in [4.78, 5) is 13.5. The number of carbonyl (C=O) groups is 1.